The van der Waals surface area contributed by atoms with E-state index in [2.05, 4.69) is 9.72 Å². The van der Waals surface area contributed by atoms with Crippen LogP contribution in [0.25, 0.3) is 11.4 Å². The van der Waals surface area contributed by atoms with Gasteiger partial charge in [-0.2, -0.15) is 0 Å². The van der Waals surface area contributed by atoms with Crippen molar-refractivity contribution in [3.05, 3.63) is 42.7 Å². The summed E-state index contributed by atoms with van der Waals surface area (Å²) in [6, 6.07) is 10.0. The number of carbonyl (C=O) groups excluding carboxylic acids is 1. The van der Waals surface area contributed by atoms with Gasteiger partial charge in [-0.05, 0) is 12.1 Å². The number of nitrogens with one attached hydrogen (secondary N) is 1. The lowest BCUT2D eigenvalue weighted by atomic mass is 10.2. The summed E-state index contributed by atoms with van der Waals surface area (Å²) < 4.78 is 6.64. The molecule has 0 fully saturated rings. The number of imidazole rings is 1. The highest BCUT2D eigenvalue weighted by molar-refractivity contribution is 5.68. The lowest BCUT2D eigenvalue weighted by Gasteiger charge is -2.00. The van der Waals surface area contributed by atoms with Crippen molar-refractivity contribution in [2.45, 2.75) is 13.0 Å². The van der Waals surface area contributed by atoms with Gasteiger partial charge in [0, 0.05) is 0 Å². The van der Waals surface area contributed by atoms with Crippen LogP contribution in [0.5, 0.6) is 0 Å². The molecule has 0 unspecified atom stereocenters. The van der Waals surface area contributed by atoms with Gasteiger partial charge in [-0.1, -0.05) is 18.2 Å². The van der Waals surface area contributed by atoms with Crippen LogP contribution in [-0.4, -0.2) is 18.1 Å². The lowest BCUT2D eigenvalue weighted by molar-refractivity contribution is -0.683. The summed E-state index contributed by atoms with van der Waals surface area (Å²) in [6.45, 7) is 0.612. The molecule has 0 radical (unpaired) electrons. The Labute approximate surface area is 112 Å². The maximum absolute atomic E-state index is 11.1. The van der Waals surface area contributed by atoms with Gasteiger partial charge in [0.2, 0.25) is 0 Å². The van der Waals surface area contributed by atoms with Gasteiger partial charge in [0.05, 0.1) is 19.1 Å². The van der Waals surface area contributed by atoms with E-state index in [1.54, 1.807) is 0 Å². The number of benzene rings is 1. The highest BCUT2D eigenvalue weighted by Crippen LogP contribution is 2.11. The van der Waals surface area contributed by atoms with E-state index in [4.69, 9.17) is 0 Å². The highest BCUT2D eigenvalue weighted by Gasteiger charge is 2.13. The number of rotatable bonds is 4. The summed E-state index contributed by atoms with van der Waals surface area (Å²) in [5.74, 6) is 0.798. The molecule has 0 aliphatic carbocycles. The van der Waals surface area contributed by atoms with Crippen molar-refractivity contribution in [2.75, 3.05) is 7.11 Å². The molecule has 0 aliphatic heterocycles. The third kappa shape index (κ3) is 3.34. The van der Waals surface area contributed by atoms with Gasteiger partial charge < -0.3 is 17.1 Å². The zero-order valence-electron chi connectivity index (χ0n) is 10.1. The Balaban J connectivity index is 0.00000162. The van der Waals surface area contributed by atoms with Crippen molar-refractivity contribution >= 4 is 5.97 Å². The average molecular weight is 267 g/mol. The molecule has 96 valence electrons. The van der Waals surface area contributed by atoms with E-state index in [1.165, 1.54) is 7.11 Å². The van der Waals surface area contributed by atoms with Crippen LogP contribution in [0, 0.1) is 0 Å². The van der Waals surface area contributed by atoms with Crippen LogP contribution in [0.15, 0.2) is 42.7 Å². The Morgan fingerprint density at radius 3 is 2.72 bits per heavy atom. The molecule has 1 heterocycles. The predicted molar refractivity (Wildman–Crippen MR) is 63.1 cm³/mol. The van der Waals surface area contributed by atoms with Crippen LogP contribution < -0.4 is 17.0 Å². The fourth-order valence-corrected chi connectivity index (χ4v) is 1.71. The fraction of sp³-hybridized carbons (Fsp3) is 0.231. The quantitative estimate of drug-likeness (QED) is 0.543. The molecular formula is C13H15ClN2O2. The van der Waals surface area contributed by atoms with Crippen LogP contribution in [0.1, 0.15) is 6.42 Å². The molecule has 0 bridgehead atoms. The molecule has 0 aliphatic rings. The van der Waals surface area contributed by atoms with Gasteiger partial charge in [0.1, 0.15) is 18.9 Å². The maximum Gasteiger partial charge on any atom is 0.309 e. The standard InChI is InChI=1S/C13H14N2O2.ClH/c1-17-12(16)7-9-15-10-8-14-13(15)11-5-3-2-4-6-11;/h2-6,8,10H,7,9H2,1H3;1H. The molecule has 0 amide bonds. The fourth-order valence-electron chi connectivity index (χ4n) is 1.71. The van der Waals surface area contributed by atoms with Gasteiger partial charge in [0.15, 0.2) is 0 Å². The number of aromatic nitrogens is 2. The number of H-pyrrole nitrogens is 1. The normalized spacial score (nSPS) is 9.61. The number of hydrogen-bond acceptors (Lipinski definition) is 2. The molecule has 2 rings (SSSR count). The van der Waals surface area contributed by atoms with Gasteiger partial charge >= 0.3 is 5.97 Å². The lowest BCUT2D eigenvalue weighted by Crippen LogP contribution is -3.00. The topological polar surface area (TPSA) is 46.0 Å². The van der Waals surface area contributed by atoms with Gasteiger partial charge in [0.25, 0.3) is 5.82 Å². The summed E-state index contributed by atoms with van der Waals surface area (Å²) in [6.07, 6.45) is 4.16. The van der Waals surface area contributed by atoms with Crippen LogP contribution in [0.3, 0.4) is 0 Å². The van der Waals surface area contributed by atoms with Crippen LogP contribution in [0.4, 0.5) is 0 Å². The number of hydrogen-bond donors (Lipinski definition) is 1. The largest absolute Gasteiger partial charge is 1.00 e. The molecule has 0 saturated heterocycles. The summed E-state index contributed by atoms with van der Waals surface area (Å²) in [5.41, 5.74) is 1.10. The molecule has 18 heavy (non-hydrogen) atoms. The number of aryl methyl sites for hydroxylation is 1. The first kappa shape index (κ1) is 14.3. The van der Waals surface area contributed by atoms with E-state index >= 15 is 0 Å². The molecular weight excluding hydrogens is 252 g/mol. The molecule has 5 heteroatoms. The number of nitrogens with zero attached hydrogens (tertiary/aromatic N) is 1. The van der Waals surface area contributed by atoms with E-state index in [0.717, 1.165) is 11.4 Å². The number of methoxy groups -OCH3 is 1. The average Bonchev–Trinajstić information content (AvgIpc) is 2.85. The van der Waals surface area contributed by atoms with Crippen molar-refractivity contribution in [3.63, 3.8) is 0 Å². The van der Waals surface area contributed by atoms with Crippen LogP contribution in [0.2, 0.25) is 0 Å². The summed E-state index contributed by atoms with van der Waals surface area (Å²) in [5, 5.41) is 0. The van der Waals surface area contributed by atoms with E-state index < -0.39 is 0 Å². The first-order valence-electron chi connectivity index (χ1n) is 5.50. The third-order valence-electron chi connectivity index (χ3n) is 2.59. The zero-order valence-corrected chi connectivity index (χ0v) is 10.9. The Morgan fingerprint density at radius 1 is 1.33 bits per heavy atom. The maximum atomic E-state index is 11.1. The van der Waals surface area contributed by atoms with Crippen molar-refractivity contribution in [3.8, 4) is 11.4 Å². The van der Waals surface area contributed by atoms with Gasteiger partial charge in [-0.25, -0.2) is 9.55 Å². The Kier molecular flexibility index (Phi) is 5.39. The molecule has 1 aromatic heterocycles. The summed E-state index contributed by atoms with van der Waals surface area (Å²) >= 11 is 0. The minimum absolute atomic E-state index is 0. The Bertz CT molecular complexity index is 497. The van der Waals surface area contributed by atoms with Gasteiger partial charge in [-0.3, -0.25) is 4.79 Å². The number of esters is 1. The monoisotopic (exact) mass is 266 g/mol. The summed E-state index contributed by atoms with van der Waals surface area (Å²) in [4.78, 5) is 14.3. The van der Waals surface area contributed by atoms with Crippen molar-refractivity contribution in [2.24, 2.45) is 0 Å². The Hall–Kier alpha value is -1.81. The van der Waals surface area contributed by atoms with Crippen molar-refractivity contribution < 1.29 is 26.5 Å². The predicted octanol–water partition coefficient (Wildman–Crippen LogP) is -1.46. The number of ether oxygens (including phenoxy) is 1. The molecule has 4 nitrogen and oxygen atoms in total. The Morgan fingerprint density at radius 2 is 2.06 bits per heavy atom. The first-order chi connectivity index (χ1) is 8.31. The molecule has 0 saturated carbocycles. The second-order valence-electron chi connectivity index (χ2n) is 3.69. The highest BCUT2D eigenvalue weighted by atomic mass is 35.5. The zero-order chi connectivity index (χ0) is 12.1. The van der Waals surface area contributed by atoms with Gasteiger partial charge in [-0.15, -0.1) is 0 Å². The number of carbonyl (C=O) groups is 1. The second-order valence-corrected chi connectivity index (χ2v) is 3.69. The van der Waals surface area contributed by atoms with E-state index in [1.807, 2.05) is 47.3 Å². The SMILES string of the molecule is COC(=O)CC[n+]1cc[nH]c1-c1ccccc1.[Cl-]. The molecule has 2 aromatic rings. The second kappa shape index (κ2) is 6.81. The van der Waals surface area contributed by atoms with E-state index in [0.29, 0.717) is 13.0 Å². The van der Waals surface area contributed by atoms with Crippen molar-refractivity contribution in [1.29, 1.82) is 0 Å². The summed E-state index contributed by atoms with van der Waals surface area (Å²) in [7, 11) is 1.40. The molecule has 0 atom stereocenters. The third-order valence-corrected chi connectivity index (χ3v) is 2.59. The number of aromatic amines is 1. The van der Waals surface area contributed by atoms with E-state index in [9.17, 15) is 4.79 Å². The van der Waals surface area contributed by atoms with Crippen molar-refractivity contribution in [1.82, 2.24) is 4.98 Å². The molecule has 1 aromatic carbocycles. The minimum Gasteiger partial charge on any atom is -1.00 e. The molecule has 0 spiro atoms. The molecule has 1 N–H and O–H groups in total. The minimum atomic E-state index is -0.197. The van der Waals surface area contributed by atoms with Crippen LogP contribution in [-0.2, 0) is 16.1 Å². The van der Waals surface area contributed by atoms with E-state index in [-0.39, 0.29) is 18.4 Å². The first-order valence-corrected chi connectivity index (χ1v) is 5.50. The number of halogens is 1. The van der Waals surface area contributed by atoms with Crippen LogP contribution >= 0.6 is 0 Å². The smallest absolute Gasteiger partial charge is 0.309 e.